The molecule has 2 atom stereocenters. The molecule has 3 nitrogen and oxygen atoms in total. The average molecular weight is 306 g/mol. The number of benzene rings is 1. The first kappa shape index (κ1) is 14.6. The molecule has 0 N–H and O–H groups in total. The van der Waals surface area contributed by atoms with Crippen LogP contribution in [0.2, 0.25) is 0 Å². The van der Waals surface area contributed by atoms with Crippen LogP contribution in [0.5, 0.6) is 0 Å². The third-order valence-electron chi connectivity index (χ3n) is 4.39. The standard InChI is InChI=1S/C17H20ClNO2/c1-3-14(18)16(20)12-6-7-15-13(9-12)8-10(2)19(15)17(21)11-4-5-11/h6-7,9-11,14H,3-5,8H2,1-2H3. The van der Waals surface area contributed by atoms with Gasteiger partial charge in [-0.1, -0.05) is 6.92 Å². The fraction of sp³-hybridized carbons (Fsp3) is 0.529. The van der Waals surface area contributed by atoms with Gasteiger partial charge in [-0.25, -0.2) is 0 Å². The van der Waals surface area contributed by atoms with Crippen LogP contribution in [0.1, 0.15) is 49.0 Å². The Morgan fingerprint density at radius 3 is 2.71 bits per heavy atom. The predicted octanol–water partition coefficient (Wildman–Crippen LogP) is 3.57. The van der Waals surface area contributed by atoms with Crippen molar-refractivity contribution in [2.45, 2.75) is 50.9 Å². The predicted molar refractivity (Wildman–Crippen MR) is 84.1 cm³/mol. The molecule has 1 heterocycles. The summed E-state index contributed by atoms with van der Waals surface area (Å²) >= 11 is 6.04. The maximum absolute atomic E-state index is 12.4. The van der Waals surface area contributed by atoms with Gasteiger partial charge in [-0.3, -0.25) is 9.59 Å². The highest BCUT2D eigenvalue weighted by Crippen LogP contribution is 2.39. The summed E-state index contributed by atoms with van der Waals surface area (Å²) in [7, 11) is 0. The molecule has 1 aliphatic heterocycles. The van der Waals surface area contributed by atoms with Crippen LogP contribution >= 0.6 is 11.6 Å². The third kappa shape index (κ3) is 2.59. The molecule has 21 heavy (non-hydrogen) atoms. The first-order valence-electron chi connectivity index (χ1n) is 7.67. The molecule has 0 spiro atoms. The van der Waals surface area contributed by atoms with E-state index in [0.717, 1.165) is 30.5 Å². The third-order valence-corrected chi connectivity index (χ3v) is 4.89. The number of nitrogens with zero attached hydrogens (tertiary/aromatic N) is 1. The van der Waals surface area contributed by atoms with Crippen molar-refractivity contribution in [1.29, 1.82) is 0 Å². The van der Waals surface area contributed by atoms with Crippen LogP contribution in [0.3, 0.4) is 0 Å². The zero-order valence-corrected chi connectivity index (χ0v) is 13.2. The molecule has 0 bridgehead atoms. The lowest BCUT2D eigenvalue weighted by molar-refractivity contribution is -0.120. The van der Waals surface area contributed by atoms with Crippen LogP contribution < -0.4 is 4.90 Å². The molecule has 4 heteroatoms. The smallest absolute Gasteiger partial charge is 0.230 e. The number of carbonyl (C=O) groups excluding carboxylic acids is 2. The molecule has 0 aromatic heterocycles. The lowest BCUT2D eigenvalue weighted by atomic mass is 10.0. The first-order chi connectivity index (χ1) is 10.0. The van der Waals surface area contributed by atoms with E-state index in [1.54, 1.807) is 6.07 Å². The minimum absolute atomic E-state index is 0.0263. The number of hydrogen-bond donors (Lipinski definition) is 0. The normalized spacial score (nSPS) is 22.0. The molecule has 1 aromatic rings. The van der Waals surface area contributed by atoms with E-state index in [2.05, 4.69) is 6.92 Å². The minimum atomic E-state index is -0.467. The molecule has 2 aliphatic rings. The minimum Gasteiger partial charge on any atom is -0.309 e. The van der Waals surface area contributed by atoms with Crippen LogP contribution in [0.25, 0.3) is 0 Å². The zero-order valence-electron chi connectivity index (χ0n) is 12.4. The Hall–Kier alpha value is -1.35. The van der Waals surface area contributed by atoms with Crippen molar-refractivity contribution in [3.05, 3.63) is 29.3 Å². The fourth-order valence-corrected chi connectivity index (χ4v) is 3.14. The number of ketones is 1. The highest BCUT2D eigenvalue weighted by molar-refractivity contribution is 6.33. The number of amides is 1. The number of carbonyl (C=O) groups is 2. The van der Waals surface area contributed by atoms with E-state index < -0.39 is 5.38 Å². The Balaban J connectivity index is 1.89. The summed E-state index contributed by atoms with van der Waals surface area (Å²) in [4.78, 5) is 26.5. The second-order valence-electron chi connectivity index (χ2n) is 6.12. The zero-order chi connectivity index (χ0) is 15.1. The van der Waals surface area contributed by atoms with Crippen molar-refractivity contribution in [1.82, 2.24) is 0 Å². The molecular weight excluding hydrogens is 286 g/mol. The van der Waals surface area contributed by atoms with E-state index in [0.29, 0.717) is 12.0 Å². The molecule has 1 aromatic carbocycles. The first-order valence-corrected chi connectivity index (χ1v) is 8.10. The van der Waals surface area contributed by atoms with E-state index in [9.17, 15) is 9.59 Å². The summed E-state index contributed by atoms with van der Waals surface area (Å²) < 4.78 is 0. The lowest BCUT2D eigenvalue weighted by Gasteiger charge is -2.22. The van der Waals surface area contributed by atoms with Gasteiger partial charge >= 0.3 is 0 Å². The Morgan fingerprint density at radius 2 is 2.10 bits per heavy atom. The van der Waals surface area contributed by atoms with Crippen molar-refractivity contribution < 1.29 is 9.59 Å². The molecule has 1 aliphatic carbocycles. The van der Waals surface area contributed by atoms with Crippen LogP contribution in [0, 0.1) is 5.92 Å². The summed E-state index contributed by atoms with van der Waals surface area (Å²) in [6.07, 6.45) is 3.46. The van der Waals surface area contributed by atoms with Crippen LogP contribution in [-0.4, -0.2) is 23.1 Å². The fourth-order valence-electron chi connectivity index (χ4n) is 3.01. The van der Waals surface area contributed by atoms with E-state index >= 15 is 0 Å². The van der Waals surface area contributed by atoms with Crippen molar-refractivity contribution in [2.75, 3.05) is 4.90 Å². The van der Waals surface area contributed by atoms with Gasteiger partial charge in [0.15, 0.2) is 5.78 Å². The summed E-state index contributed by atoms with van der Waals surface area (Å²) in [6.45, 7) is 3.97. The average Bonchev–Trinajstić information content (AvgIpc) is 3.27. The van der Waals surface area contributed by atoms with Gasteiger partial charge in [0.1, 0.15) is 0 Å². The van der Waals surface area contributed by atoms with Crippen molar-refractivity contribution >= 4 is 29.0 Å². The maximum Gasteiger partial charge on any atom is 0.230 e. The van der Waals surface area contributed by atoms with Crippen molar-refractivity contribution in [3.8, 4) is 0 Å². The summed E-state index contributed by atoms with van der Waals surface area (Å²) in [6, 6.07) is 5.80. The quantitative estimate of drug-likeness (QED) is 0.630. The molecule has 0 radical (unpaired) electrons. The summed E-state index contributed by atoms with van der Waals surface area (Å²) in [5.41, 5.74) is 2.71. The van der Waals surface area contributed by atoms with Gasteiger partial charge in [0.05, 0.1) is 5.38 Å². The Kier molecular flexibility index (Phi) is 3.78. The van der Waals surface area contributed by atoms with Crippen molar-refractivity contribution in [2.24, 2.45) is 5.92 Å². The van der Waals surface area contributed by atoms with Crippen LogP contribution in [-0.2, 0) is 11.2 Å². The number of halogens is 1. The van der Waals surface area contributed by atoms with Gasteiger partial charge in [0.25, 0.3) is 0 Å². The SMILES string of the molecule is CCC(Cl)C(=O)c1ccc2c(c1)CC(C)N2C(=O)C1CC1. The van der Waals surface area contributed by atoms with Gasteiger partial charge in [-0.15, -0.1) is 11.6 Å². The number of alkyl halides is 1. The molecule has 0 saturated heterocycles. The number of anilines is 1. The summed E-state index contributed by atoms with van der Waals surface area (Å²) in [5, 5.41) is -0.467. The largest absolute Gasteiger partial charge is 0.309 e. The molecule has 1 saturated carbocycles. The number of hydrogen-bond acceptors (Lipinski definition) is 2. The topological polar surface area (TPSA) is 37.4 Å². The van der Waals surface area contributed by atoms with Gasteiger partial charge in [-0.2, -0.15) is 0 Å². The molecule has 2 unspecified atom stereocenters. The Labute approximate surface area is 130 Å². The molecule has 112 valence electrons. The molecule has 1 amide bonds. The second-order valence-corrected chi connectivity index (χ2v) is 6.65. The molecule has 1 fully saturated rings. The van der Waals surface area contributed by atoms with E-state index in [1.807, 2.05) is 24.0 Å². The van der Waals surface area contributed by atoms with Gasteiger partial charge < -0.3 is 4.90 Å². The van der Waals surface area contributed by atoms with E-state index in [4.69, 9.17) is 11.6 Å². The van der Waals surface area contributed by atoms with Gasteiger partial charge in [0, 0.05) is 23.2 Å². The number of rotatable bonds is 4. The van der Waals surface area contributed by atoms with Gasteiger partial charge in [0.2, 0.25) is 5.91 Å². The lowest BCUT2D eigenvalue weighted by Crippen LogP contribution is -2.36. The molecule has 3 rings (SSSR count). The highest BCUT2D eigenvalue weighted by Gasteiger charge is 2.39. The number of Topliss-reactive ketones (excluding diaryl/α,β-unsaturated/α-hetero) is 1. The van der Waals surface area contributed by atoms with E-state index in [1.165, 1.54) is 0 Å². The highest BCUT2D eigenvalue weighted by atomic mass is 35.5. The van der Waals surface area contributed by atoms with Crippen LogP contribution in [0.15, 0.2) is 18.2 Å². The van der Waals surface area contributed by atoms with Crippen molar-refractivity contribution in [3.63, 3.8) is 0 Å². The maximum atomic E-state index is 12.4. The van der Waals surface area contributed by atoms with Gasteiger partial charge in [-0.05, 0) is 56.4 Å². The monoisotopic (exact) mass is 305 g/mol. The Bertz CT molecular complexity index is 594. The Morgan fingerprint density at radius 1 is 1.38 bits per heavy atom. The molecular formula is C17H20ClNO2. The van der Waals surface area contributed by atoms with E-state index in [-0.39, 0.29) is 23.7 Å². The summed E-state index contributed by atoms with van der Waals surface area (Å²) in [5.74, 6) is 0.428. The second kappa shape index (κ2) is 5.45. The van der Waals surface area contributed by atoms with Crippen LogP contribution in [0.4, 0.5) is 5.69 Å². The number of fused-ring (bicyclic) bond motifs is 1.